The van der Waals surface area contributed by atoms with Gasteiger partial charge in [0, 0.05) is 16.8 Å². The van der Waals surface area contributed by atoms with E-state index in [4.69, 9.17) is 4.52 Å². The molecule has 0 saturated heterocycles. The van der Waals surface area contributed by atoms with Crippen LogP contribution in [0.4, 0.5) is 27.6 Å². The SMILES string of the molecule is CC(c1ccc(CC(=O)Nc2cc(F)c(C3(c4noc(-c5ccc(C(F)(F)F)cc5)n4)CC3)c(F)c2)cc1)[SH](=O)=O. The molecule has 1 unspecified atom stereocenters. The Balaban J connectivity index is 1.31. The lowest BCUT2D eigenvalue weighted by atomic mass is 9.93. The standard InChI is InChI=1S/C28H22F5N3O4S/c1-15(41(38)39)17-4-2-16(3-5-17)12-23(37)34-20-13-21(29)24(22(30)14-20)27(10-11-27)26-35-25(40-36-26)18-6-8-19(9-7-18)28(31,32)33/h2-9,13-15,41H,10-12H2,1H3,(H,34,37). The zero-order chi connectivity index (χ0) is 29.5. The van der Waals surface area contributed by atoms with Crippen LogP contribution < -0.4 is 5.32 Å². The molecule has 4 aromatic rings. The number of carbonyl (C=O) groups excluding carboxylic acids is 1. The first-order valence-corrected chi connectivity index (χ1v) is 13.7. The number of anilines is 1. The lowest BCUT2D eigenvalue weighted by Crippen LogP contribution is -2.18. The van der Waals surface area contributed by atoms with Gasteiger partial charge in [-0.05, 0) is 67.3 Å². The molecule has 214 valence electrons. The number of nitrogens with zero attached hydrogens (tertiary/aromatic N) is 2. The summed E-state index contributed by atoms with van der Waals surface area (Å²) in [5.41, 5.74) is -1.08. The highest BCUT2D eigenvalue weighted by atomic mass is 32.2. The molecular formula is C28H22F5N3O4S. The van der Waals surface area contributed by atoms with Gasteiger partial charge >= 0.3 is 6.18 Å². The minimum atomic E-state index is -4.51. The first-order chi connectivity index (χ1) is 19.4. The third-order valence-corrected chi connectivity index (χ3v) is 7.94. The molecule has 0 spiro atoms. The average Bonchev–Trinajstić information content (AvgIpc) is 3.53. The Morgan fingerprint density at radius 3 is 2.17 bits per heavy atom. The van der Waals surface area contributed by atoms with E-state index in [1.54, 1.807) is 31.2 Å². The molecule has 1 aliphatic carbocycles. The van der Waals surface area contributed by atoms with Crippen LogP contribution in [-0.4, -0.2) is 24.5 Å². The van der Waals surface area contributed by atoms with Crippen molar-refractivity contribution in [3.8, 4) is 11.5 Å². The van der Waals surface area contributed by atoms with E-state index in [0.717, 1.165) is 24.3 Å². The van der Waals surface area contributed by atoms with Gasteiger partial charge in [-0.25, -0.2) is 17.2 Å². The van der Waals surface area contributed by atoms with Crippen LogP contribution in [0.25, 0.3) is 11.5 Å². The maximum absolute atomic E-state index is 15.2. The van der Waals surface area contributed by atoms with Crippen LogP contribution in [0.15, 0.2) is 65.2 Å². The number of carbonyl (C=O) groups is 1. The monoisotopic (exact) mass is 591 g/mol. The van der Waals surface area contributed by atoms with Gasteiger partial charge in [0.15, 0.2) is 5.82 Å². The van der Waals surface area contributed by atoms with Crippen molar-refractivity contribution >= 4 is 22.3 Å². The van der Waals surface area contributed by atoms with Gasteiger partial charge in [0.1, 0.15) is 22.3 Å². The number of aromatic nitrogens is 2. The quantitative estimate of drug-likeness (QED) is 0.194. The molecule has 1 aromatic heterocycles. The Morgan fingerprint density at radius 1 is 1.02 bits per heavy atom. The second-order valence-corrected chi connectivity index (χ2v) is 11.2. The molecule has 1 heterocycles. The molecular weight excluding hydrogens is 569 g/mol. The van der Waals surface area contributed by atoms with E-state index >= 15 is 8.78 Å². The van der Waals surface area contributed by atoms with Crippen LogP contribution in [0.1, 0.15) is 53.1 Å². The number of hydrogen-bond acceptors (Lipinski definition) is 6. The topological polar surface area (TPSA) is 102 Å². The third kappa shape index (κ3) is 5.85. The van der Waals surface area contributed by atoms with Gasteiger partial charge in [-0.1, -0.05) is 29.4 Å². The molecule has 13 heteroatoms. The van der Waals surface area contributed by atoms with E-state index in [1.165, 1.54) is 12.1 Å². The predicted octanol–water partition coefficient (Wildman–Crippen LogP) is 5.97. The van der Waals surface area contributed by atoms with Gasteiger partial charge in [0.05, 0.1) is 22.6 Å². The fourth-order valence-corrected chi connectivity index (χ4v) is 4.99. The fraction of sp³-hybridized carbons (Fsp3) is 0.250. The van der Waals surface area contributed by atoms with E-state index in [-0.39, 0.29) is 35.0 Å². The Morgan fingerprint density at radius 2 is 1.63 bits per heavy atom. The Labute approximate surface area is 232 Å². The number of amides is 1. The zero-order valence-corrected chi connectivity index (χ0v) is 22.2. The molecule has 1 atom stereocenters. The minimum Gasteiger partial charge on any atom is -0.334 e. The zero-order valence-electron chi connectivity index (χ0n) is 21.3. The minimum absolute atomic E-state index is 0.00118. The molecule has 7 nitrogen and oxygen atoms in total. The highest BCUT2D eigenvalue weighted by molar-refractivity contribution is 7.72. The molecule has 1 aliphatic rings. The lowest BCUT2D eigenvalue weighted by molar-refractivity contribution is -0.137. The van der Waals surface area contributed by atoms with Gasteiger partial charge in [0.2, 0.25) is 5.91 Å². The number of benzene rings is 3. The van der Waals surface area contributed by atoms with Gasteiger partial charge in [-0.2, -0.15) is 18.2 Å². The summed E-state index contributed by atoms with van der Waals surface area (Å²) in [7, 11) is -2.64. The molecule has 3 aromatic carbocycles. The second-order valence-electron chi connectivity index (χ2n) is 9.82. The third-order valence-electron chi connectivity index (χ3n) is 7.01. The van der Waals surface area contributed by atoms with Crippen LogP contribution in [0, 0.1) is 11.6 Å². The number of halogens is 5. The van der Waals surface area contributed by atoms with Crippen molar-refractivity contribution in [2.75, 3.05) is 5.32 Å². The summed E-state index contributed by atoms with van der Waals surface area (Å²) in [4.78, 5) is 16.7. The molecule has 1 N–H and O–H groups in total. The molecule has 5 rings (SSSR count). The first-order valence-electron chi connectivity index (χ1n) is 12.4. The Kier molecular flexibility index (Phi) is 7.41. The maximum Gasteiger partial charge on any atom is 0.416 e. The smallest absolute Gasteiger partial charge is 0.334 e. The number of alkyl halides is 3. The number of nitrogens with one attached hydrogen (secondary N) is 1. The van der Waals surface area contributed by atoms with Crippen LogP contribution in [0.3, 0.4) is 0 Å². The van der Waals surface area contributed by atoms with Gasteiger partial charge in [0.25, 0.3) is 5.89 Å². The normalized spacial score (nSPS) is 15.1. The maximum atomic E-state index is 15.2. The van der Waals surface area contributed by atoms with E-state index in [0.29, 0.717) is 24.0 Å². The fourth-order valence-electron chi connectivity index (χ4n) is 4.58. The van der Waals surface area contributed by atoms with E-state index in [2.05, 4.69) is 15.5 Å². The van der Waals surface area contributed by atoms with E-state index in [1.807, 2.05) is 0 Å². The van der Waals surface area contributed by atoms with Crippen LogP contribution in [-0.2, 0) is 33.5 Å². The summed E-state index contributed by atoms with van der Waals surface area (Å²) in [6.07, 6.45) is -3.99. The van der Waals surface area contributed by atoms with Crippen molar-refractivity contribution in [3.05, 3.63) is 100 Å². The summed E-state index contributed by atoms with van der Waals surface area (Å²) in [6, 6.07) is 12.5. The van der Waals surface area contributed by atoms with Crippen molar-refractivity contribution in [3.63, 3.8) is 0 Å². The lowest BCUT2D eigenvalue weighted by Gasteiger charge is -2.15. The van der Waals surface area contributed by atoms with Crippen molar-refractivity contribution in [2.45, 2.75) is 43.0 Å². The highest BCUT2D eigenvalue weighted by Crippen LogP contribution is 2.54. The number of rotatable bonds is 8. The van der Waals surface area contributed by atoms with E-state index < -0.39 is 50.7 Å². The second kappa shape index (κ2) is 10.7. The summed E-state index contributed by atoms with van der Waals surface area (Å²) in [5.74, 6) is -2.48. The highest BCUT2D eigenvalue weighted by Gasteiger charge is 2.53. The summed E-state index contributed by atoms with van der Waals surface area (Å²) >= 11 is 0. The molecule has 1 saturated carbocycles. The van der Waals surface area contributed by atoms with Gasteiger partial charge < -0.3 is 9.84 Å². The van der Waals surface area contributed by atoms with Crippen molar-refractivity contribution in [2.24, 2.45) is 0 Å². The Bertz CT molecular complexity index is 1650. The molecule has 41 heavy (non-hydrogen) atoms. The van der Waals surface area contributed by atoms with Crippen molar-refractivity contribution < 1.29 is 39.7 Å². The number of thiol groups is 1. The molecule has 1 amide bonds. The van der Waals surface area contributed by atoms with Gasteiger partial charge in [-0.3, -0.25) is 4.79 Å². The molecule has 0 bridgehead atoms. The largest absolute Gasteiger partial charge is 0.416 e. The average molecular weight is 592 g/mol. The van der Waals surface area contributed by atoms with Gasteiger partial charge in [-0.15, -0.1) is 0 Å². The molecule has 0 radical (unpaired) electrons. The van der Waals surface area contributed by atoms with Crippen LogP contribution in [0.5, 0.6) is 0 Å². The molecule has 0 aliphatic heterocycles. The van der Waals surface area contributed by atoms with Crippen LogP contribution in [0.2, 0.25) is 0 Å². The predicted molar refractivity (Wildman–Crippen MR) is 139 cm³/mol. The summed E-state index contributed by atoms with van der Waals surface area (Å²) < 4.78 is 96.5. The van der Waals surface area contributed by atoms with Crippen LogP contribution >= 0.6 is 0 Å². The molecule has 1 fully saturated rings. The van der Waals surface area contributed by atoms with Crippen molar-refractivity contribution in [1.29, 1.82) is 0 Å². The van der Waals surface area contributed by atoms with E-state index in [9.17, 15) is 26.4 Å². The summed E-state index contributed by atoms with van der Waals surface area (Å²) in [5, 5.41) is 5.65. The first kappa shape index (κ1) is 28.4. The Hall–Kier alpha value is -4.13. The summed E-state index contributed by atoms with van der Waals surface area (Å²) in [6.45, 7) is 1.54. The number of hydrogen-bond donors (Lipinski definition) is 2. The van der Waals surface area contributed by atoms with Crippen molar-refractivity contribution in [1.82, 2.24) is 10.1 Å².